The second-order valence-corrected chi connectivity index (χ2v) is 6.50. The molecule has 1 heterocycles. The molecule has 1 N–H and O–H groups in total. The number of amides is 1. The Morgan fingerprint density at radius 2 is 1.95 bits per heavy atom. The highest BCUT2D eigenvalue weighted by Crippen LogP contribution is 2.44. The predicted octanol–water partition coefficient (Wildman–Crippen LogP) is 3.15. The van der Waals surface area contributed by atoms with E-state index >= 15 is 0 Å². The zero-order chi connectivity index (χ0) is 15.4. The fourth-order valence-corrected chi connectivity index (χ4v) is 3.19. The Kier molecular flexibility index (Phi) is 4.98. The van der Waals surface area contributed by atoms with Crippen molar-refractivity contribution in [3.05, 3.63) is 24.3 Å². The summed E-state index contributed by atoms with van der Waals surface area (Å²) in [4.78, 5) is 13.9. The molecule has 2 unspecified atom stereocenters. The highest BCUT2D eigenvalue weighted by molar-refractivity contribution is 5.90. The first-order valence-electron chi connectivity index (χ1n) is 8.49. The van der Waals surface area contributed by atoms with E-state index in [2.05, 4.69) is 10.2 Å². The molecular weight excluding hydrogens is 276 g/mol. The third-order valence-corrected chi connectivity index (χ3v) is 4.65. The van der Waals surface area contributed by atoms with E-state index in [-0.39, 0.29) is 5.91 Å². The van der Waals surface area contributed by atoms with Crippen LogP contribution in [-0.2, 0) is 4.79 Å². The van der Waals surface area contributed by atoms with Gasteiger partial charge in [0.25, 0.3) is 0 Å². The minimum absolute atomic E-state index is 0.0354. The average Bonchev–Trinajstić information content (AvgIpc) is 3.15. The van der Waals surface area contributed by atoms with Gasteiger partial charge in [0.2, 0.25) is 5.91 Å². The number of anilines is 1. The molecule has 2 fully saturated rings. The first-order valence-corrected chi connectivity index (χ1v) is 8.49. The molecule has 1 aromatic carbocycles. The van der Waals surface area contributed by atoms with Crippen LogP contribution < -0.4 is 10.1 Å². The number of unbranched alkanes of at least 4 members (excludes halogenated alkanes) is 1. The van der Waals surface area contributed by atoms with Crippen molar-refractivity contribution in [1.29, 1.82) is 0 Å². The van der Waals surface area contributed by atoms with Crippen molar-refractivity contribution in [2.24, 2.45) is 11.8 Å². The molecule has 1 amide bonds. The summed E-state index contributed by atoms with van der Waals surface area (Å²) in [5.41, 5.74) is 0.826. The quantitative estimate of drug-likeness (QED) is 0.750. The lowest BCUT2D eigenvalue weighted by Gasteiger charge is -2.16. The Bertz CT molecular complexity index is 490. The van der Waals surface area contributed by atoms with Crippen LogP contribution in [0.5, 0.6) is 5.75 Å². The van der Waals surface area contributed by atoms with E-state index in [0.29, 0.717) is 6.42 Å². The summed E-state index contributed by atoms with van der Waals surface area (Å²) in [5, 5.41) is 2.83. The maximum atomic E-state index is 11.3. The number of nitrogens with one attached hydrogen (secondary N) is 1. The van der Waals surface area contributed by atoms with E-state index in [0.717, 1.165) is 36.3 Å². The Balaban J connectivity index is 1.29. The highest BCUT2D eigenvalue weighted by Gasteiger charge is 2.44. The molecule has 4 heteroatoms. The summed E-state index contributed by atoms with van der Waals surface area (Å²) < 4.78 is 5.76. The maximum Gasteiger partial charge on any atom is 0.224 e. The largest absolute Gasteiger partial charge is 0.494 e. The lowest BCUT2D eigenvalue weighted by Crippen LogP contribution is -2.24. The lowest BCUT2D eigenvalue weighted by atomic mass is 10.3. The molecule has 0 aromatic heterocycles. The molecule has 1 aliphatic carbocycles. The molecule has 1 aliphatic heterocycles. The number of rotatable bonds is 8. The van der Waals surface area contributed by atoms with Gasteiger partial charge < -0.3 is 15.0 Å². The molecule has 0 spiro atoms. The van der Waals surface area contributed by atoms with Gasteiger partial charge in [0, 0.05) is 25.2 Å². The normalized spacial score (nSPS) is 23.1. The minimum Gasteiger partial charge on any atom is -0.494 e. The van der Waals surface area contributed by atoms with Crippen LogP contribution >= 0.6 is 0 Å². The van der Waals surface area contributed by atoms with E-state index in [1.807, 2.05) is 31.2 Å². The highest BCUT2D eigenvalue weighted by atomic mass is 16.5. The van der Waals surface area contributed by atoms with Crippen LogP contribution in [0.25, 0.3) is 0 Å². The molecule has 0 bridgehead atoms. The fraction of sp³-hybridized carbons (Fsp3) is 0.611. The first-order chi connectivity index (χ1) is 10.7. The molecular formula is C18H26N2O2. The van der Waals surface area contributed by atoms with Gasteiger partial charge in [-0.05, 0) is 61.9 Å². The summed E-state index contributed by atoms with van der Waals surface area (Å²) in [6.45, 7) is 6.49. The predicted molar refractivity (Wildman–Crippen MR) is 88.1 cm³/mol. The molecule has 22 heavy (non-hydrogen) atoms. The first kappa shape index (κ1) is 15.3. The van der Waals surface area contributed by atoms with Crippen molar-refractivity contribution >= 4 is 11.6 Å². The van der Waals surface area contributed by atoms with Gasteiger partial charge in [0.15, 0.2) is 0 Å². The number of nitrogens with zero attached hydrogens (tertiary/aromatic N) is 1. The smallest absolute Gasteiger partial charge is 0.224 e. The van der Waals surface area contributed by atoms with Crippen molar-refractivity contribution in [3.63, 3.8) is 0 Å². The fourth-order valence-electron chi connectivity index (χ4n) is 3.19. The van der Waals surface area contributed by atoms with E-state index < -0.39 is 0 Å². The monoisotopic (exact) mass is 302 g/mol. The molecule has 4 nitrogen and oxygen atoms in total. The summed E-state index contributed by atoms with van der Waals surface area (Å²) in [5.74, 6) is 2.97. The summed E-state index contributed by atoms with van der Waals surface area (Å²) >= 11 is 0. The van der Waals surface area contributed by atoms with Crippen LogP contribution in [0.3, 0.4) is 0 Å². The molecule has 1 saturated heterocycles. The van der Waals surface area contributed by atoms with Crippen LogP contribution in [0.2, 0.25) is 0 Å². The molecule has 2 aliphatic rings. The van der Waals surface area contributed by atoms with Crippen molar-refractivity contribution in [2.45, 2.75) is 32.6 Å². The number of carbonyl (C=O) groups excluding carboxylic acids is 1. The number of piperidine rings is 1. The summed E-state index contributed by atoms with van der Waals surface area (Å²) in [6.07, 6.45) is 4.29. The van der Waals surface area contributed by atoms with Gasteiger partial charge in [0.1, 0.15) is 5.75 Å². The van der Waals surface area contributed by atoms with Gasteiger partial charge in [-0.25, -0.2) is 0 Å². The number of hydrogen-bond acceptors (Lipinski definition) is 3. The van der Waals surface area contributed by atoms with Crippen LogP contribution in [0.4, 0.5) is 5.69 Å². The van der Waals surface area contributed by atoms with Gasteiger partial charge in [-0.3, -0.25) is 4.79 Å². The van der Waals surface area contributed by atoms with E-state index in [1.54, 1.807) is 0 Å². The molecule has 0 radical (unpaired) electrons. The summed E-state index contributed by atoms with van der Waals surface area (Å²) in [6, 6.07) is 7.61. The van der Waals surface area contributed by atoms with Crippen LogP contribution in [0.15, 0.2) is 24.3 Å². The van der Waals surface area contributed by atoms with Crippen LogP contribution in [0, 0.1) is 11.8 Å². The second kappa shape index (κ2) is 7.14. The number of hydrogen-bond donors (Lipinski definition) is 1. The van der Waals surface area contributed by atoms with Crippen molar-refractivity contribution < 1.29 is 9.53 Å². The van der Waals surface area contributed by atoms with Crippen LogP contribution in [-0.4, -0.2) is 37.0 Å². The third-order valence-electron chi connectivity index (χ3n) is 4.65. The molecule has 1 saturated carbocycles. The molecule has 120 valence electrons. The number of fused-ring (bicyclic) bond motifs is 1. The number of benzene rings is 1. The van der Waals surface area contributed by atoms with E-state index in [9.17, 15) is 4.79 Å². The van der Waals surface area contributed by atoms with Crippen LogP contribution in [0.1, 0.15) is 32.6 Å². The lowest BCUT2D eigenvalue weighted by molar-refractivity contribution is -0.115. The van der Waals surface area contributed by atoms with Gasteiger partial charge in [-0.1, -0.05) is 6.92 Å². The Hall–Kier alpha value is -1.55. The number of ether oxygens (including phenoxy) is 1. The zero-order valence-electron chi connectivity index (χ0n) is 13.4. The number of likely N-dealkylation sites (tertiary alicyclic amines) is 1. The second-order valence-electron chi connectivity index (χ2n) is 6.50. The van der Waals surface area contributed by atoms with E-state index in [1.165, 1.54) is 32.5 Å². The Morgan fingerprint density at radius 1 is 1.23 bits per heavy atom. The van der Waals surface area contributed by atoms with E-state index in [4.69, 9.17) is 4.74 Å². The Morgan fingerprint density at radius 3 is 2.64 bits per heavy atom. The standard InChI is InChI=1S/C18H26N2O2/c1-2-18(21)19-16-5-7-17(8-6-16)22-10-4-3-9-20-12-14-11-15(14)13-20/h5-8,14-15H,2-4,9-13H2,1H3,(H,19,21). The molecule has 1 aromatic rings. The average molecular weight is 302 g/mol. The topological polar surface area (TPSA) is 41.6 Å². The Labute approximate surface area is 132 Å². The van der Waals surface area contributed by atoms with Gasteiger partial charge in [-0.15, -0.1) is 0 Å². The van der Waals surface area contributed by atoms with Gasteiger partial charge >= 0.3 is 0 Å². The number of carbonyl (C=O) groups is 1. The molecule has 3 rings (SSSR count). The SMILES string of the molecule is CCC(=O)Nc1ccc(OCCCCN2CC3CC3C2)cc1. The summed E-state index contributed by atoms with van der Waals surface area (Å²) in [7, 11) is 0. The molecule has 2 atom stereocenters. The zero-order valence-corrected chi connectivity index (χ0v) is 13.4. The van der Waals surface area contributed by atoms with Crippen molar-refractivity contribution in [2.75, 3.05) is 31.6 Å². The van der Waals surface area contributed by atoms with Crippen molar-refractivity contribution in [1.82, 2.24) is 4.90 Å². The van der Waals surface area contributed by atoms with Gasteiger partial charge in [-0.2, -0.15) is 0 Å². The maximum absolute atomic E-state index is 11.3. The third kappa shape index (κ3) is 4.23. The minimum atomic E-state index is 0.0354. The van der Waals surface area contributed by atoms with Crippen molar-refractivity contribution in [3.8, 4) is 5.75 Å². The van der Waals surface area contributed by atoms with Gasteiger partial charge in [0.05, 0.1) is 6.61 Å².